The molecule has 1 unspecified atom stereocenters. The summed E-state index contributed by atoms with van der Waals surface area (Å²) in [6.07, 6.45) is -0.358. The summed E-state index contributed by atoms with van der Waals surface area (Å²) in [7, 11) is 0. The van der Waals surface area contributed by atoms with E-state index in [0.717, 1.165) is 38.0 Å². The third-order valence-corrected chi connectivity index (χ3v) is 7.76. The van der Waals surface area contributed by atoms with E-state index in [4.69, 9.17) is 21.2 Å². The van der Waals surface area contributed by atoms with Gasteiger partial charge in [0.2, 0.25) is 0 Å². The van der Waals surface area contributed by atoms with Crippen molar-refractivity contribution in [2.24, 2.45) is 33.9 Å². The number of morpholine rings is 1. The first kappa shape index (κ1) is 21.7. The number of aliphatic imine (C=N–C) groups is 1. The molecule has 4 aliphatic carbocycles. The van der Waals surface area contributed by atoms with Gasteiger partial charge < -0.3 is 16.2 Å². The highest BCUT2D eigenvalue weighted by Crippen LogP contribution is 2.92. The molecular weight excluding hydrogens is 419 g/mol. The van der Waals surface area contributed by atoms with Crippen molar-refractivity contribution >= 4 is 17.2 Å². The number of anilines is 1. The highest BCUT2D eigenvalue weighted by Gasteiger charge is 2.93. The third kappa shape index (κ3) is 3.15. The fraction of sp³-hybridized carbons (Fsp3) is 0.652. The molecule has 6 nitrogen and oxygen atoms in total. The van der Waals surface area contributed by atoms with Crippen LogP contribution in [0, 0.1) is 23.2 Å². The number of alkyl halides is 3. The van der Waals surface area contributed by atoms with Gasteiger partial charge in [-0.25, -0.2) is 4.98 Å². The van der Waals surface area contributed by atoms with Gasteiger partial charge >= 0.3 is 6.18 Å². The molecule has 0 amide bonds. The van der Waals surface area contributed by atoms with Crippen molar-refractivity contribution in [1.29, 1.82) is 0 Å². The smallest absolute Gasteiger partial charge is 0.398 e. The Morgan fingerprint density at radius 3 is 2.75 bits per heavy atom. The lowest BCUT2D eigenvalue weighted by Crippen LogP contribution is -2.49. The first-order chi connectivity index (χ1) is 15.1. The van der Waals surface area contributed by atoms with Crippen LogP contribution in [0.3, 0.4) is 0 Å². The first-order valence-electron chi connectivity index (χ1n) is 11.3. The van der Waals surface area contributed by atoms with Crippen molar-refractivity contribution in [2.45, 2.75) is 51.5 Å². The lowest BCUT2D eigenvalue weighted by molar-refractivity contribution is -0.137. The molecule has 1 aromatic heterocycles. The Morgan fingerprint density at radius 1 is 1.38 bits per heavy atom. The number of fused-ring (bicyclic) bond motifs is 1. The van der Waals surface area contributed by atoms with Crippen LogP contribution in [0.15, 0.2) is 23.3 Å². The second kappa shape index (κ2) is 7.18. The zero-order valence-corrected chi connectivity index (χ0v) is 18.6. The Morgan fingerprint density at radius 2 is 2.12 bits per heavy atom. The second-order valence-electron chi connectivity index (χ2n) is 9.92. The van der Waals surface area contributed by atoms with Gasteiger partial charge in [0.1, 0.15) is 5.82 Å². The summed E-state index contributed by atoms with van der Waals surface area (Å²) in [6, 6.07) is 1.96. The number of hydrogen-bond acceptors (Lipinski definition) is 6. The van der Waals surface area contributed by atoms with Gasteiger partial charge in [0.05, 0.1) is 18.8 Å². The maximum atomic E-state index is 13.3. The Balaban J connectivity index is 1.43. The maximum absolute atomic E-state index is 13.3. The van der Waals surface area contributed by atoms with Crippen LogP contribution in [0.5, 0.6) is 0 Å². The van der Waals surface area contributed by atoms with Gasteiger partial charge in [-0.2, -0.15) is 13.2 Å². The number of ether oxygens (including phenoxy) is 1. The molecule has 1 aromatic rings. The Hall–Kier alpha value is -2.13. The first-order valence-corrected chi connectivity index (χ1v) is 11.3. The van der Waals surface area contributed by atoms with Crippen LogP contribution < -0.4 is 11.5 Å². The van der Waals surface area contributed by atoms with Crippen LogP contribution in [0.25, 0.3) is 5.70 Å². The molecule has 6 atom stereocenters. The van der Waals surface area contributed by atoms with E-state index in [0.29, 0.717) is 29.8 Å². The topological polar surface area (TPSA) is 89.8 Å². The lowest BCUT2D eigenvalue weighted by atomic mass is 9.96. The largest absolute Gasteiger partial charge is 0.419 e. The fourth-order valence-electron chi connectivity index (χ4n) is 6.41. The minimum atomic E-state index is -4.58. The minimum Gasteiger partial charge on any atom is -0.398 e. The number of pyridine rings is 1. The molecule has 0 aromatic carbocycles. The van der Waals surface area contributed by atoms with E-state index < -0.39 is 17.6 Å². The molecule has 5 aliphatic rings. The minimum absolute atomic E-state index is 0.0334. The Bertz CT molecular complexity index is 984. The number of hydrogen-bond donors (Lipinski definition) is 2. The number of nitrogens with two attached hydrogens (primary N) is 2. The van der Waals surface area contributed by atoms with Crippen LogP contribution in [0.4, 0.5) is 19.0 Å². The summed E-state index contributed by atoms with van der Waals surface area (Å²) in [5.41, 5.74) is 12.2. The van der Waals surface area contributed by atoms with Crippen LogP contribution in [-0.2, 0) is 10.9 Å². The van der Waals surface area contributed by atoms with Gasteiger partial charge in [0.25, 0.3) is 0 Å². The van der Waals surface area contributed by atoms with Crippen molar-refractivity contribution in [3.63, 3.8) is 0 Å². The molecule has 2 heterocycles. The summed E-state index contributed by atoms with van der Waals surface area (Å²) in [5.74, 6) is 1.20. The number of halogens is 3. The number of allylic oxidation sites excluding steroid dienone is 1. The second-order valence-corrected chi connectivity index (χ2v) is 9.92. The molecule has 174 valence electrons. The summed E-state index contributed by atoms with van der Waals surface area (Å²) < 4.78 is 45.4. The summed E-state index contributed by atoms with van der Waals surface area (Å²) in [4.78, 5) is 11.2. The zero-order valence-electron chi connectivity index (χ0n) is 18.6. The maximum Gasteiger partial charge on any atom is 0.419 e. The van der Waals surface area contributed by atoms with Crippen molar-refractivity contribution in [1.82, 2.24) is 9.88 Å². The van der Waals surface area contributed by atoms with E-state index in [1.54, 1.807) is 6.08 Å². The molecule has 9 heteroatoms. The van der Waals surface area contributed by atoms with Gasteiger partial charge in [0.15, 0.2) is 0 Å². The van der Waals surface area contributed by atoms with E-state index in [1.165, 1.54) is 6.20 Å². The molecule has 1 aliphatic heterocycles. The molecular formula is C23H30F3N5O. The number of rotatable bonds is 5. The number of nitrogens with zero attached hydrogens (tertiary/aromatic N) is 3. The fourth-order valence-corrected chi connectivity index (χ4v) is 6.41. The third-order valence-electron chi connectivity index (χ3n) is 7.76. The monoisotopic (exact) mass is 449 g/mol. The van der Waals surface area contributed by atoms with Gasteiger partial charge in [-0.3, -0.25) is 9.89 Å². The SMILES string of the molecule is CC(C)N=C(C=C(N)c1cnc(N)c(C(F)(F)F)c1)[C@]12C3[C@@H](N4CCOC[C@@H]4C)C[C@@H]1[C@H]32. The standard InChI is InChI=1S/C23H30F3N5O/c1-11(2)30-18(8-16(27)13-6-15(23(24,25)26)21(28)29-9-13)22-14-7-17(20(22)19(14)22)31-4-5-32-10-12(31)3/h6,8-9,11-12,14,17,19-20H,4-5,7,10,27H2,1-3H3,(H2,28,29)/t12-,14+,17-,19+,20?,22+/m0/s1. The van der Waals surface area contributed by atoms with Gasteiger partial charge in [0, 0.05) is 53.3 Å². The van der Waals surface area contributed by atoms with Gasteiger partial charge in [-0.1, -0.05) is 0 Å². The van der Waals surface area contributed by atoms with E-state index in [2.05, 4.69) is 16.8 Å². The average molecular weight is 450 g/mol. The van der Waals surface area contributed by atoms with Crippen LogP contribution >= 0.6 is 0 Å². The van der Waals surface area contributed by atoms with E-state index in [1.807, 2.05) is 13.8 Å². The molecule has 4 saturated carbocycles. The predicted octanol–water partition coefficient (Wildman–Crippen LogP) is 3.19. The van der Waals surface area contributed by atoms with Crippen molar-refractivity contribution in [3.8, 4) is 0 Å². The van der Waals surface area contributed by atoms with Gasteiger partial charge in [-0.15, -0.1) is 0 Å². The Kier molecular flexibility index (Phi) is 4.87. The molecule has 0 spiro atoms. The normalized spacial score (nSPS) is 37.0. The van der Waals surface area contributed by atoms with E-state index in [9.17, 15) is 13.2 Å². The van der Waals surface area contributed by atoms with Crippen molar-refractivity contribution in [2.75, 3.05) is 25.5 Å². The molecule has 5 fully saturated rings. The quantitative estimate of drug-likeness (QED) is 0.674. The molecule has 6 rings (SSSR count). The molecule has 32 heavy (non-hydrogen) atoms. The number of aromatic nitrogens is 1. The summed E-state index contributed by atoms with van der Waals surface area (Å²) in [6.45, 7) is 8.71. The lowest BCUT2D eigenvalue weighted by Gasteiger charge is -2.38. The van der Waals surface area contributed by atoms with Crippen molar-refractivity contribution in [3.05, 3.63) is 29.5 Å². The van der Waals surface area contributed by atoms with Crippen LogP contribution in [0.1, 0.15) is 38.3 Å². The van der Waals surface area contributed by atoms with Gasteiger partial charge in [-0.05, 0) is 57.1 Å². The zero-order chi connectivity index (χ0) is 23.0. The van der Waals surface area contributed by atoms with Crippen LogP contribution in [-0.4, -0.2) is 53.5 Å². The van der Waals surface area contributed by atoms with Crippen LogP contribution in [0.2, 0.25) is 0 Å². The molecule has 1 saturated heterocycles. The Labute approximate surface area is 185 Å². The molecule has 2 bridgehead atoms. The highest BCUT2D eigenvalue weighted by atomic mass is 19.4. The average Bonchev–Trinajstić information content (AvgIpc) is 3.45. The predicted molar refractivity (Wildman–Crippen MR) is 117 cm³/mol. The molecule has 0 radical (unpaired) electrons. The van der Waals surface area contributed by atoms with E-state index in [-0.39, 0.29) is 22.7 Å². The highest BCUT2D eigenvalue weighted by molar-refractivity contribution is 6.10. The molecule has 4 N–H and O–H groups in total. The van der Waals surface area contributed by atoms with Crippen molar-refractivity contribution < 1.29 is 17.9 Å². The number of nitrogen functional groups attached to an aromatic ring is 1. The van der Waals surface area contributed by atoms with E-state index >= 15 is 0 Å². The summed E-state index contributed by atoms with van der Waals surface area (Å²) in [5, 5.41) is 0. The summed E-state index contributed by atoms with van der Waals surface area (Å²) >= 11 is 0.